The molecular weight excluding hydrogens is 358 g/mol. The van der Waals surface area contributed by atoms with Crippen molar-refractivity contribution in [3.63, 3.8) is 0 Å². The smallest absolute Gasteiger partial charge is 0.341 e. The molecule has 0 aromatic heterocycles. The van der Waals surface area contributed by atoms with Gasteiger partial charge in [0, 0.05) is 12.3 Å². The van der Waals surface area contributed by atoms with E-state index >= 15 is 0 Å². The number of hydrogen-bond acceptors (Lipinski definition) is 5. The van der Waals surface area contributed by atoms with Gasteiger partial charge in [0.1, 0.15) is 16.9 Å². The van der Waals surface area contributed by atoms with Crippen LogP contribution in [0.25, 0.3) is 0 Å². The minimum atomic E-state index is -0.912. The maximum absolute atomic E-state index is 12.8. The Kier molecular flexibility index (Phi) is 10.6. The van der Waals surface area contributed by atoms with E-state index < -0.39 is 11.6 Å². The van der Waals surface area contributed by atoms with Crippen molar-refractivity contribution < 1.29 is 23.8 Å². The Hall–Kier alpha value is -2.08. The summed E-state index contributed by atoms with van der Waals surface area (Å²) >= 11 is 0. The number of carbonyl (C=O) groups excluding carboxylic acids is 2. The van der Waals surface area contributed by atoms with Crippen LogP contribution in [0.4, 0.5) is 5.69 Å². The molecule has 0 radical (unpaired) electrons. The van der Waals surface area contributed by atoms with Crippen molar-refractivity contribution in [1.82, 2.24) is 0 Å². The topological polar surface area (TPSA) is 73.9 Å². The third-order valence-corrected chi connectivity index (χ3v) is 4.44. The lowest BCUT2D eigenvalue weighted by Crippen LogP contribution is -2.42. The second-order valence-corrected chi connectivity index (χ2v) is 6.85. The fourth-order valence-electron chi connectivity index (χ4n) is 2.78. The van der Waals surface area contributed by atoms with Crippen molar-refractivity contribution >= 4 is 17.6 Å². The first-order chi connectivity index (χ1) is 13.4. The lowest BCUT2D eigenvalue weighted by Gasteiger charge is -2.28. The lowest BCUT2D eigenvalue weighted by molar-refractivity contribution is -0.139. The molecule has 158 valence electrons. The number of anilines is 1. The van der Waals surface area contributed by atoms with E-state index in [1.807, 2.05) is 6.92 Å². The summed E-state index contributed by atoms with van der Waals surface area (Å²) in [5.41, 5.74) is -0.0914. The molecule has 28 heavy (non-hydrogen) atoms. The first-order valence-electron chi connectivity index (χ1n) is 10.3. The fourth-order valence-corrected chi connectivity index (χ4v) is 2.78. The molecule has 1 rings (SSSR count). The van der Waals surface area contributed by atoms with Crippen molar-refractivity contribution in [2.75, 3.05) is 25.1 Å². The van der Waals surface area contributed by atoms with E-state index in [9.17, 15) is 9.59 Å². The minimum absolute atomic E-state index is 0.225. The number of nitrogens with one attached hydrogen (secondary N) is 1. The molecule has 0 heterocycles. The molecule has 6 heteroatoms. The molecule has 1 aromatic rings. The van der Waals surface area contributed by atoms with Crippen molar-refractivity contribution in [2.24, 2.45) is 0 Å². The quantitative estimate of drug-likeness (QED) is 0.378. The fraction of sp³-hybridized carbons (Fsp3) is 0.636. The molecule has 1 amide bonds. The zero-order valence-electron chi connectivity index (χ0n) is 17.9. The predicted molar refractivity (Wildman–Crippen MR) is 111 cm³/mol. The summed E-state index contributed by atoms with van der Waals surface area (Å²) in [6.07, 6.45) is 4.39. The Morgan fingerprint density at radius 1 is 1.04 bits per heavy atom. The zero-order valence-corrected chi connectivity index (χ0v) is 17.9. The Bertz CT molecular complexity index is 631. The average Bonchev–Trinajstić information content (AvgIpc) is 2.67. The zero-order chi connectivity index (χ0) is 21.0. The van der Waals surface area contributed by atoms with Crippen LogP contribution in [0, 0.1) is 0 Å². The molecule has 0 spiro atoms. The van der Waals surface area contributed by atoms with Gasteiger partial charge in [-0.15, -0.1) is 0 Å². The van der Waals surface area contributed by atoms with E-state index in [-0.39, 0.29) is 12.5 Å². The van der Waals surface area contributed by atoms with Crippen LogP contribution < -0.4 is 10.1 Å². The summed E-state index contributed by atoms with van der Waals surface area (Å²) in [6.45, 7) is 10.8. The third-order valence-electron chi connectivity index (χ3n) is 4.44. The van der Waals surface area contributed by atoms with Crippen LogP contribution in [-0.4, -0.2) is 37.3 Å². The van der Waals surface area contributed by atoms with E-state index in [4.69, 9.17) is 14.2 Å². The van der Waals surface area contributed by atoms with Gasteiger partial charge in [0.05, 0.1) is 13.2 Å². The molecule has 0 aliphatic rings. The lowest BCUT2D eigenvalue weighted by atomic mass is 9.97. The molecule has 1 unspecified atom stereocenters. The Morgan fingerprint density at radius 3 is 2.36 bits per heavy atom. The van der Waals surface area contributed by atoms with Crippen LogP contribution in [0.3, 0.4) is 0 Å². The van der Waals surface area contributed by atoms with E-state index in [1.165, 1.54) is 0 Å². The number of amides is 1. The predicted octanol–water partition coefficient (Wildman–Crippen LogP) is 4.97. The van der Waals surface area contributed by atoms with E-state index in [1.54, 1.807) is 32.0 Å². The Balaban J connectivity index is 3.04. The molecule has 0 aliphatic carbocycles. The van der Waals surface area contributed by atoms with Crippen LogP contribution in [0.5, 0.6) is 5.75 Å². The maximum Gasteiger partial charge on any atom is 0.341 e. The second-order valence-electron chi connectivity index (χ2n) is 6.85. The van der Waals surface area contributed by atoms with Gasteiger partial charge in [0.15, 0.2) is 0 Å². The Labute approximate surface area is 168 Å². The number of hydrogen-bond donors (Lipinski definition) is 1. The molecule has 0 saturated carbocycles. The summed E-state index contributed by atoms with van der Waals surface area (Å²) in [7, 11) is 0. The van der Waals surface area contributed by atoms with Gasteiger partial charge in [-0.2, -0.15) is 0 Å². The summed E-state index contributed by atoms with van der Waals surface area (Å²) in [5.74, 6) is -0.232. The minimum Gasteiger partial charge on any atom is -0.493 e. The Morgan fingerprint density at radius 2 is 1.75 bits per heavy atom. The monoisotopic (exact) mass is 393 g/mol. The summed E-state index contributed by atoms with van der Waals surface area (Å²) in [5, 5.41) is 2.88. The highest BCUT2D eigenvalue weighted by Gasteiger charge is 2.33. The van der Waals surface area contributed by atoms with E-state index in [0.717, 1.165) is 25.7 Å². The van der Waals surface area contributed by atoms with Crippen LogP contribution in [-0.2, 0) is 14.3 Å². The van der Waals surface area contributed by atoms with Crippen LogP contribution >= 0.6 is 0 Å². The van der Waals surface area contributed by atoms with Crippen molar-refractivity contribution in [2.45, 2.75) is 72.3 Å². The molecular formula is C22H35NO5. The van der Waals surface area contributed by atoms with Crippen molar-refractivity contribution in [3.05, 3.63) is 23.8 Å². The highest BCUT2D eigenvalue weighted by atomic mass is 16.5. The van der Waals surface area contributed by atoms with Gasteiger partial charge in [0.2, 0.25) is 0 Å². The van der Waals surface area contributed by atoms with Gasteiger partial charge < -0.3 is 19.5 Å². The van der Waals surface area contributed by atoms with Crippen LogP contribution in [0.2, 0.25) is 0 Å². The summed E-state index contributed by atoms with van der Waals surface area (Å²) in [6, 6.07) is 5.03. The number of ether oxygens (including phenoxy) is 3. The van der Waals surface area contributed by atoms with Gasteiger partial charge in [0.25, 0.3) is 5.91 Å². The molecule has 1 N–H and O–H groups in total. The highest BCUT2D eigenvalue weighted by Crippen LogP contribution is 2.26. The van der Waals surface area contributed by atoms with E-state index in [0.29, 0.717) is 36.6 Å². The van der Waals surface area contributed by atoms with Crippen molar-refractivity contribution in [1.29, 1.82) is 0 Å². The number of esters is 1. The number of rotatable bonds is 13. The second kappa shape index (κ2) is 12.4. The van der Waals surface area contributed by atoms with E-state index in [2.05, 4.69) is 19.2 Å². The maximum atomic E-state index is 12.8. The number of unbranched alkanes of at least 4 members (excludes halogenated alkanes) is 2. The number of benzene rings is 1. The van der Waals surface area contributed by atoms with Gasteiger partial charge >= 0.3 is 5.97 Å². The SMILES string of the molecule is CCCCOc1ccc(NC(=O)C(C)(CCCC)OCC)cc1C(=O)OCC. The summed E-state index contributed by atoms with van der Waals surface area (Å²) in [4.78, 5) is 25.2. The third kappa shape index (κ3) is 7.15. The number of carbonyl (C=O) groups is 2. The normalized spacial score (nSPS) is 12.9. The van der Waals surface area contributed by atoms with Crippen LogP contribution in [0.15, 0.2) is 18.2 Å². The molecule has 0 bridgehead atoms. The molecule has 1 aromatic carbocycles. The molecule has 1 atom stereocenters. The van der Waals surface area contributed by atoms with Gasteiger partial charge in [-0.3, -0.25) is 4.79 Å². The average molecular weight is 394 g/mol. The molecule has 6 nitrogen and oxygen atoms in total. The molecule has 0 saturated heterocycles. The highest BCUT2D eigenvalue weighted by molar-refractivity contribution is 5.99. The first kappa shape index (κ1) is 24.0. The van der Waals surface area contributed by atoms with Gasteiger partial charge in [-0.25, -0.2) is 4.79 Å². The van der Waals surface area contributed by atoms with Gasteiger partial charge in [-0.05, 0) is 51.8 Å². The standard InChI is InChI=1S/C22H35NO5/c1-6-10-14-22(5,28-9-4)21(25)23-17-12-13-19(27-15-11-7-2)18(16-17)20(24)26-8-3/h12-13,16H,6-11,14-15H2,1-5H3,(H,23,25). The first-order valence-corrected chi connectivity index (χ1v) is 10.3. The molecule has 0 fully saturated rings. The van der Waals surface area contributed by atoms with Crippen molar-refractivity contribution in [3.8, 4) is 5.75 Å². The largest absolute Gasteiger partial charge is 0.493 e. The summed E-state index contributed by atoms with van der Waals surface area (Å²) < 4.78 is 16.6. The van der Waals surface area contributed by atoms with Gasteiger partial charge in [-0.1, -0.05) is 33.1 Å². The molecule has 0 aliphatic heterocycles. The van der Waals surface area contributed by atoms with Crippen LogP contribution in [0.1, 0.15) is 77.1 Å².